The van der Waals surface area contributed by atoms with Crippen LogP contribution in [0.15, 0.2) is 41.3 Å². The number of benzene rings is 1. The molecule has 0 aliphatic rings. The molecule has 1 aromatic rings. The van der Waals surface area contributed by atoms with Gasteiger partial charge in [0.05, 0.1) is 0 Å². The van der Waals surface area contributed by atoms with Crippen LogP contribution in [0.25, 0.3) is 0 Å². The lowest BCUT2D eigenvalue weighted by molar-refractivity contribution is -0.131. The molecule has 0 heterocycles. The summed E-state index contributed by atoms with van der Waals surface area (Å²) in [6.45, 7) is 1.58. The lowest BCUT2D eigenvalue weighted by Gasteiger charge is -2.14. The van der Waals surface area contributed by atoms with Crippen LogP contribution in [0.4, 0.5) is 0 Å². The van der Waals surface area contributed by atoms with E-state index in [9.17, 15) is 4.79 Å². The Hall–Kier alpha value is -1.26. The number of aliphatic carboxylic acids is 1. The Morgan fingerprint density at radius 3 is 2.61 bits per heavy atom. The Balaban J connectivity index is 2.32. The second-order valence-electron chi connectivity index (χ2n) is 4.10. The van der Waals surface area contributed by atoms with Crippen molar-refractivity contribution in [2.75, 3.05) is 26.4 Å². The van der Waals surface area contributed by atoms with Crippen molar-refractivity contribution in [3.8, 4) is 0 Å². The Labute approximate surface area is 113 Å². The fraction of sp³-hybridized carbons (Fsp3) is 0.357. The summed E-state index contributed by atoms with van der Waals surface area (Å²) in [6.07, 6.45) is 5.90. The maximum atomic E-state index is 10.3. The fourth-order valence-corrected chi connectivity index (χ4v) is 1.95. The average molecular weight is 265 g/mol. The van der Waals surface area contributed by atoms with Gasteiger partial charge in [-0.25, -0.2) is 4.79 Å². The number of thioether (sulfide) groups is 1. The molecule has 0 radical (unpaired) electrons. The maximum Gasteiger partial charge on any atom is 0.328 e. The molecule has 3 nitrogen and oxygen atoms in total. The van der Waals surface area contributed by atoms with Gasteiger partial charge in [0.1, 0.15) is 0 Å². The molecule has 0 saturated carbocycles. The van der Waals surface area contributed by atoms with Gasteiger partial charge in [-0.2, -0.15) is 0 Å². The standard InChI is InChI=1S/C14H19NO2S/c1-15(10-3-4-14(16)17)11-9-12-5-7-13(18-2)8-6-12/h3-8H,9-11H2,1-2H3,(H,16,17)/b4-3+. The van der Waals surface area contributed by atoms with Crippen LogP contribution in [0.3, 0.4) is 0 Å². The third-order valence-electron chi connectivity index (χ3n) is 2.62. The van der Waals surface area contributed by atoms with E-state index in [0.717, 1.165) is 13.0 Å². The molecule has 4 heteroatoms. The predicted octanol–water partition coefficient (Wildman–Crippen LogP) is 2.52. The van der Waals surface area contributed by atoms with Crippen LogP contribution in [0.2, 0.25) is 0 Å². The van der Waals surface area contributed by atoms with Crippen molar-refractivity contribution in [3.63, 3.8) is 0 Å². The van der Waals surface area contributed by atoms with Crippen LogP contribution in [0, 0.1) is 0 Å². The van der Waals surface area contributed by atoms with Crippen LogP contribution in [0.1, 0.15) is 5.56 Å². The molecule has 98 valence electrons. The molecule has 0 aliphatic heterocycles. The lowest BCUT2D eigenvalue weighted by Crippen LogP contribution is -2.21. The van der Waals surface area contributed by atoms with Crippen LogP contribution < -0.4 is 0 Å². The number of likely N-dealkylation sites (N-methyl/N-ethyl adjacent to an activating group) is 1. The summed E-state index contributed by atoms with van der Waals surface area (Å²) in [5.41, 5.74) is 1.31. The predicted molar refractivity (Wildman–Crippen MR) is 76.2 cm³/mol. The molecule has 0 bridgehead atoms. The van der Waals surface area contributed by atoms with Crippen LogP contribution in [-0.2, 0) is 11.2 Å². The third-order valence-corrected chi connectivity index (χ3v) is 3.36. The zero-order chi connectivity index (χ0) is 13.4. The highest BCUT2D eigenvalue weighted by Gasteiger charge is 1.98. The Kier molecular flexibility index (Phi) is 6.54. The Morgan fingerprint density at radius 1 is 1.39 bits per heavy atom. The summed E-state index contributed by atoms with van der Waals surface area (Å²) in [5, 5.41) is 8.48. The highest BCUT2D eigenvalue weighted by molar-refractivity contribution is 7.98. The molecule has 1 N–H and O–H groups in total. The smallest absolute Gasteiger partial charge is 0.328 e. The van der Waals surface area contributed by atoms with E-state index in [1.807, 2.05) is 7.05 Å². The number of carbonyl (C=O) groups is 1. The quantitative estimate of drug-likeness (QED) is 0.607. The van der Waals surface area contributed by atoms with E-state index in [1.54, 1.807) is 17.8 Å². The molecular weight excluding hydrogens is 246 g/mol. The first kappa shape index (κ1) is 14.8. The summed E-state index contributed by atoms with van der Waals surface area (Å²) in [6, 6.07) is 8.55. The summed E-state index contributed by atoms with van der Waals surface area (Å²) >= 11 is 1.74. The van der Waals surface area contributed by atoms with E-state index >= 15 is 0 Å². The first-order chi connectivity index (χ1) is 8.61. The van der Waals surface area contributed by atoms with E-state index in [2.05, 4.69) is 35.4 Å². The second-order valence-corrected chi connectivity index (χ2v) is 4.98. The minimum Gasteiger partial charge on any atom is -0.478 e. The Morgan fingerprint density at radius 2 is 2.06 bits per heavy atom. The van der Waals surface area contributed by atoms with Crippen LogP contribution in [-0.4, -0.2) is 42.4 Å². The lowest BCUT2D eigenvalue weighted by atomic mass is 10.1. The zero-order valence-corrected chi connectivity index (χ0v) is 11.6. The molecule has 0 aromatic heterocycles. The van der Waals surface area contributed by atoms with Crippen molar-refractivity contribution in [1.82, 2.24) is 4.90 Å². The number of hydrogen-bond acceptors (Lipinski definition) is 3. The van der Waals surface area contributed by atoms with Gasteiger partial charge in [0.25, 0.3) is 0 Å². The molecule has 0 atom stereocenters. The molecular formula is C14H19NO2S. The number of carboxylic acids is 1. The minimum absolute atomic E-state index is 0.662. The summed E-state index contributed by atoms with van der Waals surface area (Å²) in [5.74, 6) is -0.893. The molecule has 0 saturated heterocycles. The van der Waals surface area contributed by atoms with Gasteiger partial charge in [-0.3, -0.25) is 0 Å². The SMILES string of the molecule is CSc1ccc(CCN(C)C/C=C/C(=O)O)cc1. The zero-order valence-electron chi connectivity index (χ0n) is 10.8. The van der Waals surface area contributed by atoms with E-state index in [4.69, 9.17) is 5.11 Å². The molecule has 0 fully saturated rings. The highest BCUT2D eigenvalue weighted by atomic mass is 32.2. The number of hydrogen-bond donors (Lipinski definition) is 1. The fourth-order valence-electron chi connectivity index (χ4n) is 1.54. The first-order valence-electron chi connectivity index (χ1n) is 5.82. The highest BCUT2D eigenvalue weighted by Crippen LogP contribution is 2.15. The molecule has 1 rings (SSSR count). The van der Waals surface area contributed by atoms with Crippen molar-refractivity contribution in [1.29, 1.82) is 0 Å². The van der Waals surface area contributed by atoms with E-state index in [-0.39, 0.29) is 0 Å². The van der Waals surface area contributed by atoms with Crippen molar-refractivity contribution in [2.24, 2.45) is 0 Å². The topological polar surface area (TPSA) is 40.5 Å². The van der Waals surface area contributed by atoms with Crippen molar-refractivity contribution < 1.29 is 9.90 Å². The monoisotopic (exact) mass is 265 g/mol. The summed E-state index contributed by atoms with van der Waals surface area (Å²) < 4.78 is 0. The Bertz CT molecular complexity index is 401. The van der Waals surface area contributed by atoms with E-state index in [0.29, 0.717) is 6.54 Å². The normalized spacial score (nSPS) is 11.3. The van der Waals surface area contributed by atoms with Crippen molar-refractivity contribution in [2.45, 2.75) is 11.3 Å². The summed E-state index contributed by atoms with van der Waals surface area (Å²) in [7, 11) is 1.99. The van der Waals surface area contributed by atoms with Gasteiger partial charge < -0.3 is 10.0 Å². The first-order valence-corrected chi connectivity index (χ1v) is 7.05. The largest absolute Gasteiger partial charge is 0.478 e. The number of carboxylic acid groups (broad SMARTS) is 1. The molecule has 18 heavy (non-hydrogen) atoms. The van der Waals surface area contributed by atoms with Crippen molar-refractivity contribution in [3.05, 3.63) is 42.0 Å². The average Bonchev–Trinajstić information content (AvgIpc) is 2.36. The van der Waals surface area contributed by atoms with Gasteiger partial charge in [0.2, 0.25) is 0 Å². The number of rotatable bonds is 7. The number of nitrogens with zero attached hydrogens (tertiary/aromatic N) is 1. The third kappa shape index (κ3) is 5.89. The van der Waals surface area contributed by atoms with Crippen LogP contribution in [0.5, 0.6) is 0 Å². The molecule has 0 aliphatic carbocycles. The van der Waals surface area contributed by atoms with Gasteiger partial charge in [-0.15, -0.1) is 11.8 Å². The van der Waals surface area contributed by atoms with E-state index in [1.165, 1.54) is 16.5 Å². The van der Waals surface area contributed by atoms with Gasteiger partial charge in [-0.1, -0.05) is 18.2 Å². The summed E-state index contributed by atoms with van der Waals surface area (Å²) in [4.78, 5) is 13.7. The maximum absolute atomic E-state index is 10.3. The molecule has 0 unspecified atom stereocenters. The molecule has 0 amide bonds. The van der Waals surface area contributed by atoms with Gasteiger partial charge in [0, 0.05) is 24.1 Å². The van der Waals surface area contributed by atoms with Crippen LogP contribution >= 0.6 is 11.8 Å². The van der Waals surface area contributed by atoms with E-state index < -0.39 is 5.97 Å². The second kappa shape index (κ2) is 7.95. The molecule has 0 spiro atoms. The van der Waals surface area contributed by atoms with Gasteiger partial charge in [-0.05, 0) is 37.4 Å². The van der Waals surface area contributed by atoms with Gasteiger partial charge >= 0.3 is 5.97 Å². The minimum atomic E-state index is -0.893. The van der Waals surface area contributed by atoms with Gasteiger partial charge in [0.15, 0.2) is 0 Å². The van der Waals surface area contributed by atoms with Crippen molar-refractivity contribution >= 4 is 17.7 Å². The molecule has 1 aromatic carbocycles.